The molecule has 0 bridgehead atoms. The Morgan fingerprint density at radius 3 is 2.48 bits per heavy atom. The number of amides is 2. The quantitative estimate of drug-likeness (QED) is 0.492. The number of nitrogens with zero attached hydrogens (tertiary/aromatic N) is 2. The van der Waals surface area contributed by atoms with Crippen LogP contribution in [0, 0.1) is 5.82 Å². The summed E-state index contributed by atoms with van der Waals surface area (Å²) in [6.07, 6.45) is 0.578. The van der Waals surface area contributed by atoms with Crippen LogP contribution >= 0.6 is 23.4 Å². The molecule has 0 spiro atoms. The standard InChI is InChI=1S/C25H21ClFN3O2S/c26-20-8-4-5-9-21(20)29-24(32)22-16-23(31)30(15-14-17-10-12-18(27)13-11-17)25(33-22)28-19-6-2-1-3-7-19/h1-13,22H,14-16H2,(H,29,32)/t22-/m1/s1. The van der Waals surface area contributed by atoms with E-state index in [0.29, 0.717) is 34.5 Å². The van der Waals surface area contributed by atoms with Crippen molar-refractivity contribution in [2.75, 3.05) is 11.9 Å². The third-order valence-corrected chi connectivity index (χ3v) is 6.60. The number of para-hydroxylation sites is 2. The minimum Gasteiger partial charge on any atom is -0.324 e. The van der Waals surface area contributed by atoms with Gasteiger partial charge in [-0.15, -0.1) is 0 Å². The molecule has 0 saturated carbocycles. The maximum atomic E-state index is 13.2. The van der Waals surface area contributed by atoms with Gasteiger partial charge < -0.3 is 5.32 Å². The zero-order chi connectivity index (χ0) is 23.2. The van der Waals surface area contributed by atoms with Gasteiger partial charge >= 0.3 is 0 Å². The van der Waals surface area contributed by atoms with E-state index in [2.05, 4.69) is 10.3 Å². The summed E-state index contributed by atoms with van der Waals surface area (Å²) in [5.41, 5.74) is 2.09. The number of halogens is 2. The Morgan fingerprint density at radius 1 is 1.06 bits per heavy atom. The van der Waals surface area contributed by atoms with Crippen molar-refractivity contribution in [3.8, 4) is 0 Å². The molecule has 5 nitrogen and oxygen atoms in total. The average Bonchev–Trinajstić information content (AvgIpc) is 2.81. The van der Waals surface area contributed by atoms with Crippen LogP contribution in [0.1, 0.15) is 12.0 Å². The highest BCUT2D eigenvalue weighted by molar-refractivity contribution is 8.15. The van der Waals surface area contributed by atoms with Gasteiger partial charge in [0.1, 0.15) is 11.1 Å². The van der Waals surface area contributed by atoms with Crippen LogP contribution in [-0.4, -0.2) is 33.7 Å². The highest BCUT2D eigenvalue weighted by atomic mass is 35.5. The molecule has 33 heavy (non-hydrogen) atoms. The van der Waals surface area contributed by atoms with Gasteiger partial charge in [0, 0.05) is 13.0 Å². The molecule has 1 aliphatic heterocycles. The third-order valence-electron chi connectivity index (χ3n) is 5.08. The molecule has 0 unspecified atom stereocenters. The van der Waals surface area contributed by atoms with Crippen LogP contribution < -0.4 is 5.32 Å². The first-order valence-corrected chi connectivity index (χ1v) is 11.7. The molecule has 0 aliphatic carbocycles. The normalized spacial score (nSPS) is 17.3. The lowest BCUT2D eigenvalue weighted by Crippen LogP contribution is -2.46. The fraction of sp³-hybridized carbons (Fsp3) is 0.160. The molecule has 1 heterocycles. The lowest BCUT2D eigenvalue weighted by atomic mass is 10.1. The van der Waals surface area contributed by atoms with E-state index in [1.54, 1.807) is 41.3 Å². The molecule has 1 saturated heterocycles. The number of amidine groups is 1. The number of benzene rings is 3. The largest absolute Gasteiger partial charge is 0.324 e. The van der Waals surface area contributed by atoms with Crippen LogP contribution in [0.4, 0.5) is 15.8 Å². The summed E-state index contributed by atoms with van der Waals surface area (Å²) in [5, 5.41) is 3.05. The molecule has 1 atom stereocenters. The van der Waals surface area contributed by atoms with E-state index in [9.17, 15) is 14.0 Å². The molecule has 3 aromatic rings. The van der Waals surface area contributed by atoms with Crippen molar-refractivity contribution >= 4 is 51.7 Å². The van der Waals surface area contributed by atoms with Crippen molar-refractivity contribution in [1.82, 2.24) is 4.90 Å². The van der Waals surface area contributed by atoms with Crippen LogP contribution in [0.3, 0.4) is 0 Å². The first-order chi connectivity index (χ1) is 16.0. The van der Waals surface area contributed by atoms with Crippen molar-refractivity contribution in [3.05, 3.63) is 95.3 Å². The van der Waals surface area contributed by atoms with Crippen LogP contribution in [0.5, 0.6) is 0 Å². The second kappa shape index (κ2) is 10.6. The van der Waals surface area contributed by atoms with E-state index in [-0.39, 0.29) is 24.1 Å². The van der Waals surface area contributed by atoms with E-state index >= 15 is 0 Å². The molecule has 3 aromatic carbocycles. The van der Waals surface area contributed by atoms with Gasteiger partial charge in [0.15, 0.2) is 5.17 Å². The second-order valence-corrected chi connectivity index (χ2v) is 9.01. The molecule has 2 amide bonds. The zero-order valence-electron chi connectivity index (χ0n) is 17.6. The molecule has 1 fully saturated rings. The van der Waals surface area contributed by atoms with Gasteiger partial charge in [-0.3, -0.25) is 14.5 Å². The van der Waals surface area contributed by atoms with Crippen LogP contribution in [0.15, 0.2) is 83.9 Å². The van der Waals surface area contributed by atoms with E-state index in [1.807, 2.05) is 30.3 Å². The van der Waals surface area contributed by atoms with Crippen molar-refractivity contribution in [3.63, 3.8) is 0 Å². The van der Waals surface area contributed by atoms with E-state index in [0.717, 1.165) is 5.56 Å². The van der Waals surface area contributed by atoms with E-state index in [1.165, 1.54) is 23.9 Å². The summed E-state index contributed by atoms with van der Waals surface area (Å²) in [6, 6.07) is 22.4. The molecule has 4 rings (SSSR count). The Morgan fingerprint density at radius 2 is 1.76 bits per heavy atom. The Hall–Kier alpha value is -3.16. The second-order valence-electron chi connectivity index (χ2n) is 7.43. The minimum atomic E-state index is -0.640. The van der Waals surface area contributed by atoms with Crippen LogP contribution in [0.25, 0.3) is 0 Å². The fourth-order valence-electron chi connectivity index (χ4n) is 3.34. The maximum Gasteiger partial charge on any atom is 0.238 e. The number of thioether (sulfide) groups is 1. The minimum absolute atomic E-state index is 0.0399. The van der Waals surface area contributed by atoms with E-state index in [4.69, 9.17) is 11.6 Å². The van der Waals surface area contributed by atoms with Gasteiger partial charge in [-0.2, -0.15) is 0 Å². The van der Waals surface area contributed by atoms with Crippen molar-refractivity contribution in [2.24, 2.45) is 4.99 Å². The van der Waals surface area contributed by atoms with Crippen LogP contribution in [-0.2, 0) is 16.0 Å². The number of hydrogen-bond donors (Lipinski definition) is 1. The molecular formula is C25H21ClFN3O2S. The third kappa shape index (κ3) is 6.00. The molecular weight excluding hydrogens is 461 g/mol. The highest BCUT2D eigenvalue weighted by Gasteiger charge is 2.36. The molecule has 8 heteroatoms. The van der Waals surface area contributed by atoms with Crippen molar-refractivity contribution in [1.29, 1.82) is 0 Å². The Kier molecular flexibility index (Phi) is 7.42. The SMILES string of the molecule is O=C(Nc1ccccc1Cl)[C@H]1CC(=O)N(CCc2ccc(F)cc2)C(=Nc2ccccc2)S1. The Balaban J connectivity index is 1.54. The molecule has 1 aliphatic rings. The lowest BCUT2D eigenvalue weighted by molar-refractivity contribution is -0.129. The molecule has 168 valence electrons. The Labute approximate surface area is 200 Å². The van der Waals surface area contributed by atoms with Gasteiger partial charge in [0.05, 0.1) is 16.4 Å². The Bertz CT molecular complexity index is 1170. The number of aliphatic imine (C=N–C) groups is 1. The van der Waals surface area contributed by atoms with Crippen molar-refractivity contribution < 1.29 is 14.0 Å². The number of hydrogen-bond acceptors (Lipinski definition) is 4. The lowest BCUT2D eigenvalue weighted by Gasteiger charge is -2.32. The fourth-order valence-corrected chi connectivity index (χ4v) is 4.65. The summed E-state index contributed by atoms with van der Waals surface area (Å²) in [7, 11) is 0. The summed E-state index contributed by atoms with van der Waals surface area (Å²) >= 11 is 7.41. The highest BCUT2D eigenvalue weighted by Crippen LogP contribution is 2.31. The molecule has 0 aromatic heterocycles. The van der Waals surface area contributed by atoms with Gasteiger partial charge in [0.25, 0.3) is 0 Å². The summed E-state index contributed by atoms with van der Waals surface area (Å²) in [6.45, 7) is 0.377. The average molecular weight is 482 g/mol. The predicted octanol–water partition coefficient (Wildman–Crippen LogP) is 5.68. The summed E-state index contributed by atoms with van der Waals surface area (Å²) < 4.78 is 13.2. The zero-order valence-corrected chi connectivity index (χ0v) is 19.2. The maximum absolute atomic E-state index is 13.2. The van der Waals surface area contributed by atoms with E-state index < -0.39 is 5.25 Å². The van der Waals surface area contributed by atoms with Crippen LogP contribution in [0.2, 0.25) is 5.02 Å². The number of nitrogens with one attached hydrogen (secondary N) is 1. The molecule has 0 radical (unpaired) electrons. The smallest absolute Gasteiger partial charge is 0.238 e. The predicted molar refractivity (Wildman–Crippen MR) is 131 cm³/mol. The number of carbonyl (C=O) groups is 2. The van der Waals surface area contributed by atoms with Gasteiger partial charge in [-0.05, 0) is 48.4 Å². The van der Waals surface area contributed by atoms with Gasteiger partial charge in [0.2, 0.25) is 11.8 Å². The first kappa shape index (κ1) is 23.0. The van der Waals surface area contributed by atoms with Gasteiger partial charge in [-0.25, -0.2) is 9.38 Å². The molecule has 1 N–H and O–H groups in total. The monoisotopic (exact) mass is 481 g/mol. The topological polar surface area (TPSA) is 61.8 Å². The number of carbonyl (C=O) groups excluding carboxylic acids is 2. The summed E-state index contributed by atoms with van der Waals surface area (Å²) in [4.78, 5) is 32.2. The summed E-state index contributed by atoms with van der Waals surface area (Å²) in [5.74, 6) is -0.799. The van der Waals surface area contributed by atoms with Gasteiger partial charge in [-0.1, -0.05) is 65.8 Å². The number of rotatable bonds is 6. The first-order valence-electron chi connectivity index (χ1n) is 10.4. The number of anilines is 1. The van der Waals surface area contributed by atoms with Crippen molar-refractivity contribution in [2.45, 2.75) is 18.1 Å².